The van der Waals surface area contributed by atoms with E-state index in [9.17, 15) is 22.8 Å². The number of anilines is 1. The van der Waals surface area contributed by atoms with Crippen molar-refractivity contribution in [2.75, 3.05) is 17.6 Å². The monoisotopic (exact) mass is 396 g/mol. The molecule has 0 saturated heterocycles. The number of hydrogen-bond donors (Lipinski definition) is 2. The highest BCUT2D eigenvalue weighted by molar-refractivity contribution is 8.00. The zero-order valence-corrected chi connectivity index (χ0v) is 14.7. The van der Waals surface area contributed by atoms with Crippen LogP contribution in [-0.2, 0) is 11.2 Å². The van der Waals surface area contributed by atoms with E-state index in [0.717, 1.165) is 10.5 Å². The maximum absolute atomic E-state index is 12.2. The molecule has 2 aromatic carbocycles. The first kappa shape index (κ1) is 19.1. The van der Waals surface area contributed by atoms with Crippen molar-refractivity contribution in [3.63, 3.8) is 0 Å². The predicted molar refractivity (Wildman–Crippen MR) is 95.0 cm³/mol. The maximum atomic E-state index is 12.2. The summed E-state index contributed by atoms with van der Waals surface area (Å²) in [5, 5.41) is 5.48. The van der Waals surface area contributed by atoms with E-state index in [2.05, 4.69) is 15.4 Å². The first-order chi connectivity index (χ1) is 12.8. The maximum Gasteiger partial charge on any atom is 0.573 e. The van der Waals surface area contributed by atoms with Gasteiger partial charge in [0.25, 0.3) is 5.91 Å². The molecule has 142 valence electrons. The minimum atomic E-state index is -4.72. The number of hydrogen-bond acceptors (Lipinski definition) is 4. The summed E-state index contributed by atoms with van der Waals surface area (Å²) < 4.78 is 40.2. The van der Waals surface area contributed by atoms with Crippen LogP contribution in [0, 0.1) is 0 Å². The molecule has 1 aliphatic rings. The lowest BCUT2D eigenvalue weighted by Crippen LogP contribution is -2.26. The zero-order chi connectivity index (χ0) is 19.4. The summed E-state index contributed by atoms with van der Waals surface area (Å²) in [6, 6.07) is 10.6. The van der Waals surface area contributed by atoms with Gasteiger partial charge < -0.3 is 15.4 Å². The van der Waals surface area contributed by atoms with Crippen LogP contribution in [0.2, 0.25) is 0 Å². The molecule has 2 aromatic rings. The topological polar surface area (TPSA) is 67.4 Å². The highest BCUT2D eigenvalue weighted by Gasteiger charge is 2.30. The fraction of sp³-hybridized carbons (Fsp3) is 0.222. The van der Waals surface area contributed by atoms with Crippen molar-refractivity contribution in [1.82, 2.24) is 5.32 Å². The number of nitrogens with one attached hydrogen (secondary N) is 2. The third-order valence-corrected chi connectivity index (χ3v) is 4.80. The summed E-state index contributed by atoms with van der Waals surface area (Å²) in [6.45, 7) is 0.316. The van der Waals surface area contributed by atoms with E-state index in [1.165, 1.54) is 36.0 Å². The fourth-order valence-corrected chi connectivity index (χ4v) is 3.29. The fourth-order valence-electron chi connectivity index (χ4n) is 2.50. The van der Waals surface area contributed by atoms with Gasteiger partial charge >= 0.3 is 6.36 Å². The zero-order valence-electron chi connectivity index (χ0n) is 13.9. The third-order valence-electron chi connectivity index (χ3n) is 3.73. The van der Waals surface area contributed by atoms with E-state index in [4.69, 9.17) is 0 Å². The van der Waals surface area contributed by atoms with Crippen molar-refractivity contribution in [3.05, 3.63) is 53.6 Å². The molecule has 0 bridgehead atoms. The number of rotatable bonds is 5. The van der Waals surface area contributed by atoms with Crippen LogP contribution >= 0.6 is 11.8 Å². The first-order valence-corrected chi connectivity index (χ1v) is 8.98. The van der Waals surface area contributed by atoms with Crippen molar-refractivity contribution in [2.24, 2.45) is 0 Å². The molecule has 3 rings (SSSR count). The Hall–Kier alpha value is -2.68. The summed E-state index contributed by atoms with van der Waals surface area (Å²) >= 11 is 1.41. The Bertz CT molecular complexity index is 854. The van der Waals surface area contributed by atoms with E-state index < -0.39 is 6.36 Å². The van der Waals surface area contributed by atoms with Crippen LogP contribution in [0.3, 0.4) is 0 Å². The van der Waals surface area contributed by atoms with Crippen LogP contribution in [0.5, 0.6) is 5.75 Å². The molecule has 0 radical (unpaired) electrons. The molecule has 0 atom stereocenters. The molecule has 9 heteroatoms. The minimum Gasteiger partial charge on any atom is -0.406 e. The van der Waals surface area contributed by atoms with Gasteiger partial charge in [0.05, 0.1) is 11.4 Å². The number of halogens is 3. The van der Waals surface area contributed by atoms with E-state index in [-0.39, 0.29) is 17.6 Å². The van der Waals surface area contributed by atoms with Crippen LogP contribution in [0.25, 0.3) is 0 Å². The normalized spacial score (nSPS) is 13.5. The van der Waals surface area contributed by atoms with Crippen LogP contribution in [0.15, 0.2) is 47.4 Å². The summed E-state index contributed by atoms with van der Waals surface area (Å²) in [7, 11) is 0. The van der Waals surface area contributed by atoms with Gasteiger partial charge in [0.15, 0.2) is 0 Å². The number of ether oxygens (including phenoxy) is 1. The molecule has 0 unspecified atom stereocenters. The molecule has 1 aliphatic heterocycles. The Labute approximate surface area is 157 Å². The lowest BCUT2D eigenvalue weighted by molar-refractivity contribution is -0.274. The highest BCUT2D eigenvalue weighted by atomic mass is 32.2. The largest absolute Gasteiger partial charge is 0.573 e. The molecular weight excluding hydrogens is 381 g/mol. The van der Waals surface area contributed by atoms with Crippen LogP contribution in [0.4, 0.5) is 18.9 Å². The van der Waals surface area contributed by atoms with Crippen molar-refractivity contribution in [1.29, 1.82) is 0 Å². The lowest BCUT2D eigenvalue weighted by atomic mass is 10.1. The Morgan fingerprint density at radius 2 is 1.93 bits per heavy atom. The van der Waals surface area contributed by atoms with Gasteiger partial charge in [-0.05, 0) is 42.3 Å². The molecule has 0 saturated carbocycles. The second kappa shape index (κ2) is 7.91. The Kier molecular flexibility index (Phi) is 5.59. The molecule has 0 fully saturated rings. The predicted octanol–water partition coefficient (Wildman–Crippen LogP) is 3.60. The second-order valence-electron chi connectivity index (χ2n) is 5.75. The molecule has 2 N–H and O–H groups in total. The number of carbonyl (C=O) groups is 2. The summed E-state index contributed by atoms with van der Waals surface area (Å²) in [4.78, 5) is 24.6. The number of thioether (sulfide) groups is 1. The first-order valence-electron chi connectivity index (χ1n) is 8.00. The van der Waals surface area contributed by atoms with Gasteiger partial charge in [-0.3, -0.25) is 9.59 Å². The quantitative estimate of drug-likeness (QED) is 0.811. The Balaban J connectivity index is 1.52. The number of alkyl halides is 3. The molecule has 5 nitrogen and oxygen atoms in total. The number of benzene rings is 2. The summed E-state index contributed by atoms with van der Waals surface area (Å²) in [5.41, 5.74) is 1.80. The van der Waals surface area contributed by atoms with E-state index in [1.54, 1.807) is 18.2 Å². The van der Waals surface area contributed by atoms with Crippen molar-refractivity contribution in [3.8, 4) is 5.75 Å². The van der Waals surface area contributed by atoms with Gasteiger partial charge in [-0.25, -0.2) is 0 Å². The van der Waals surface area contributed by atoms with Gasteiger partial charge in [-0.1, -0.05) is 12.1 Å². The van der Waals surface area contributed by atoms with Crippen molar-refractivity contribution < 1.29 is 27.5 Å². The van der Waals surface area contributed by atoms with Crippen molar-refractivity contribution in [2.45, 2.75) is 17.7 Å². The van der Waals surface area contributed by atoms with Gasteiger partial charge in [0.1, 0.15) is 5.75 Å². The van der Waals surface area contributed by atoms with Crippen LogP contribution in [-0.4, -0.2) is 30.5 Å². The lowest BCUT2D eigenvalue weighted by Gasteiger charge is -2.17. The van der Waals surface area contributed by atoms with Gasteiger partial charge in [-0.15, -0.1) is 24.9 Å². The SMILES string of the molecule is O=C1CSc2ccc(C(=O)NCCc3ccc(OC(F)(F)F)cc3)cc2N1. The van der Waals surface area contributed by atoms with E-state index >= 15 is 0 Å². The van der Waals surface area contributed by atoms with Gasteiger partial charge in [0, 0.05) is 17.0 Å². The number of carbonyl (C=O) groups excluding carboxylic acids is 2. The number of fused-ring (bicyclic) bond motifs is 1. The second-order valence-corrected chi connectivity index (χ2v) is 6.76. The highest BCUT2D eigenvalue weighted by Crippen LogP contribution is 2.31. The van der Waals surface area contributed by atoms with Crippen molar-refractivity contribution >= 4 is 29.3 Å². The average Bonchev–Trinajstić information content (AvgIpc) is 2.61. The van der Waals surface area contributed by atoms with Gasteiger partial charge in [0.2, 0.25) is 5.91 Å². The molecular formula is C18H15F3N2O3S. The average molecular weight is 396 g/mol. The van der Waals surface area contributed by atoms with Crippen LogP contribution in [0.1, 0.15) is 15.9 Å². The standard InChI is InChI=1S/C18H15F3N2O3S/c19-18(20,21)26-13-4-1-11(2-5-13)7-8-22-17(25)12-3-6-15-14(9-12)23-16(24)10-27-15/h1-6,9H,7-8,10H2,(H,22,25)(H,23,24). The molecule has 0 aliphatic carbocycles. The van der Waals surface area contributed by atoms with E-state index in [1.807, 2.05) is 0 Å². The Morgan fingerprint density at radius 3 is 2.63 bits per heavy atom. The summed E-state index contributed by atoms with van der Waals surface area (Å²) in [6.07, 6.45) is -4.27. The smallest absolute Gasteiger partial charge is 0.406 e. The molecule has 1 heterocycles. The van der Waals surface area contributed by atoms with Gasteiger partial charge in [-0.2, -0.15) is 0 Å². The molecule has 0 aromatic heterocycles. The van der Waals surface area contributed by atoms with Crippen LogP contribution < -0.4 is 15.4 Å². The third kappa shape index (κ3) is 5.40. The molecule has 2 amide bonds. The summed E-state index contributed by atoms with van der Waals surface area (Å²) in [5.74, 6) is -0.336. The molecule has 0 spiro atoms. The Morgan fingerprint density at radius 1 is 1.19 bits per heavy atom. The number of amides is 2. The minimum absolute atomic E-state index is 0.108. The molecule has 27 heavy (non-hydrogen) atoms. The van der Waals surface area contributed by atoms with E-state index in [0.29, 0.717) is 30.0 Å².